The number of hydrogen-bond donors (Lipinski definition) is 2. The van der Waals surface area contributed by atoms with Crippen LogP contribution in [0.25, 0.3) is 0 Å². The summed E-state index contributed by atoms with van der Waals surface area (Å²) < 4.78 is 21.5. The number of rotatable bonds is 5. The summed E-state index contributed by atoms with van der Waals surface area (Å²) in [6.45, 7) is 0. The van der Waals surface area contributed by atoms with Crippen molar-refractivity contribution >= 4 is 17.4 Å². The van der Waals surface area contributed by atoms with Gasteiger partial charge < -0.3 is 24.8 Å². The van der Waals surface area contributed by atoms with Crippen molar-refractivity contribution in [1.82, 2.24) is 10.3 Å². The Bertz CT molecular complexity index is 1200. The first-order chi connectivity index (χ1) is 16.1. The van der Waals surface area contributed by atoms with E-state index in [4.69, 9.17) is 18.8 Å². The lowest BCUT2D eigenvalue weighted by atomic mass is 9.78. The summed E-state index contributed by atoms with van der Waals surface area (Å²) in [4.78, 5) is 13.6. The van der Waals surface area contributed by atoms with Gasteiger partial charge in [-0.05, 0) is 45.9 Å². The molecule has 170 valence electrons. The van der Waals surface area contributed by atoms with Crippen molar-refractivity contribution in [3.05, 3.63) is 64.9 Å². The minimum Gasteiger partial charge on any atom is -0.493 e. The Morgan fingerprint density at radius 2 is 1.61 bits per heavy atom. The Balaban J connectivity index is 1.64. The third-order valence-electron chi connectivity index (χ3n) is 6.13. The molecule has 1 aliphatic heterocycles. The van der Waals surface area contributed by atoms with Crippen LogP contribution in [0.4, 0.5) is 11.6 Å². The van der Waals surface area contributed by atoms with Gasteiger partial charge in [-0.15, -0.1) is 0 Å². The number of anilines is 2. The van der Waals surface area contributed by atoms with Crippen molar-refractivity contribution in [2.75, 3.05) is 32.0 Å². The standard InChI is InChI=1S/C24H24N4O5/c1-30-18-11-15(12-19(31-2)22(18)32-3)21-20-16(25-23-24(26-21)28-33-27-23)9-14(10-17(20)29)13-7-5-4-6-8-13/h4-8,11-12,14,21H,9-10H2,1-3H3,(H,25,27)(H,26,28). The normalized spacial score (nSPS) is 19.5. The molecule has 0 saturated heterocycles. The lowest BCUT2D eigenvalue weighted by molar-refractivity contribution is -0.116. The zero-order valence-electron chi connectivity index (χ0n) is 18.5. The number of fused-ring (bicyclic) bond motifs is 1. The number of ether oxygens (including phenoxy) is 3. The Morgan fingerprint density at radius 1 is 0.909 bits per heavy atom. The van der Waals surface area contributed by atoms with E-state index in [9.17, 15) is 4.79 Å². The zero-order chi connectivity index (χ0) is 22.9. The number of aromatic nitrogens is 2. The highest BCUT2D eigenvalue weighted by Crippen LogP contribution is 2.46. The fraction of sp³-hybridized carbons (Fsp3) is 0.292. The van der Waals surface area contributed by atoms with E-state index in [1.54, 1.807) is 21.3 Å². The molecule has 0 radical (unpaired) electrons. The van der Waals surface area contributed by atoms with E-state index in [-0.39, 0.29) is 11.7 Å². The Kier molecular flexibility index (Phi) is 5.37. The molecule has 2 aromatic carbocycles. The third-order valence-corrected chi connectivity index (χ3v) is 6.13. The van der Waals surface area contributed by atoms with E-state index in [1.807, 2.05) is 30.3 Å². The van der Waals surface area contributed by atoms with Gasteiger partial charge >= 0.3 is 0 Å². The van der Waals surface area contributed by atoms with Crippen LogP contribution in [0.1, 0.15) is 35.9 Å². The number of Topliss-reactive ketones (excluding diaryl/α,β-unsaturated/α-hetero) is 1. The van der Waals surface area contributed by atoms with Gasteiger partial charge in [-0.2, -0.15) is 0 Å². The minimum absolute atomic E-state index is 0.0472. The fourth-order valence-corrected chi connectivity index (χ4v) is 4.58. The lowest BCUT2D eigenvalue weighted by Gasteiger charge is -2.30. The van der Waals surface area contributed by atoms with E-state index in [0.717, 1.165) is 16.8 Å². The van der Waals surface area contributed by atoms with Crippen molar-refractivity contribution in [3.8, 4) is 17.2 Å². The quantitative estimate of drug-likeness (QED) is 0.597. The molecule has 0 saturated carbocycles. The van der Waals surface area contributed by atoms with Crippen molar-refractivity contribution in [1.29, 1.82) is 0 Å². The van der Waals surface area contributed by atoms with Gasteiger partial charge in [-0.25, -0.2) is 4.63 Å². The zero-order valence-corrected chi connectivity index (χ0v) is 18.5. The number of methoxy groups -OCH3 is 3. The molecule has 0 amide bonds. The predicted molar refractivity (Wildman–Crippen MR) is 121 cm³/mol. The molecular formula is C24H24N4O5. The first-order valence-electron chi connectivity index (χ1n) is 10.6. The number of carbonyl (C=O) groups is 1. The van der Waals surface area contributed by atoms with Crippen LogP contribution in [0, 0.1) is 0 Å². The van der Waals surface area contributed by atoms with Crippen LogP contribution >= 0.6 is 0 Å². The maximum absolute atomic E-state index is 13.6. The summed E-state index contributed by atoms with van der Waals surface area (Å²) >= 11 is 0. The van der Waals surface area contributed by atoms with E-state index >= 15 is 0 Å². The van der Waals surface area contributed by atoms with Gasteiger partial charge in [-0.1, -0.05) is 30.3 Å². The van der Waals surface area contributed by atoms with Gasteiger partial charge in [0, 0.05) is 17.7 Å². The molecule has 5 rings (SSSR count). The molecule has 0 spiro atoms. The van der Waals surface area contributed by atoms with Crippen LogP contribution < -0.4 is 24.8 Å². The second kappa shape index (κ2) is 8.50. The summed E-state index contributed by atoms with van der Waals surface area (Å²) in [5.41, 5.74) is 3.32. The number of ketones is 1. The molecule has 2 heterocycles. The van der Waals surface area contributed by atoms with Crippen molar-refractivity contribution < 1.29 is 23.6 Å². The SMILES string of the molecule is COc1cc(C2Nc3nonc3NC3=C2C(=O)CC(c2ccccc2)C3)cc(OC)c1OC. The number of nitrogens with one attached hydrogen (secondary N) is 2. The van der Waals surface area contributed by atoms with E-state index < -0.39 is 6.04 Å². The molecule has 9 heteroatoms. The number of carbonyl (C=O) groups excluding carboxylic acids is 1. The Morgan fingerprint density at radius 3 is 2.27 bits per heavy atom. The third kappa shape index (κ3) is 3.65. The molecule has 1 aliphatic carbocycles. The smallest absolute Gasteiger partial charge is 0.219 e. The maximum Gasteiger partial charge on any atom is 0.219 e. The number of hydrogen-bond acceptors (Lipinski definition) is 9. The van der Waals surface area contributed by atoms with Crippen LogP contribution in [0.3, 0.4) is 0 Å². The van der Waals surface area contributed by atoms with E-state index in [2.05, 4.69) is 33.1 Å². The number of allylic oxidation sites excluding steroid dienone is 1. The molecule has 0 fully saturated rings. The molecule has 0 bridgehead atoms. The van der Waals surface area contributed by atoms with Gasteiger partial charge in [0.15, 0.2) is 17.3 Å². The van der Waals surface area contributed by atoms with Crippen molar-refractivity contribution in [2.24, 2.45) is 0 Å². The van der Waals surface area contributed by atoms with Crippen LogP contribution in [0.2, 0.25) is 0 Å². The second-order valence-electron chi connectivity index (χ2n) is 7.95. The highest BCUT2D eigenvalue weighted by Gasteiger charge is 2.38. The number of nitrogens with zero attached hydrogens (tertiary/aromatic N) is 2. The van der Waals surface area contributed by atoms with Gasteiger partial charge in [0.1, 0.15) is 0 Å². The fourth-order valence-electron chi connectivity index (χ4n) is 4.58. The average molecular weight is 448 g/mol. The predicted octanol–water partition coefficient (Wildman–Crippen LogP) is 4.07. The van der Waals surface area contributed by atoms with Crippen LogP contribution in [0.5, 0.6) is 17.2 Å². The largest absolute Gasteiger partial charge is 0.493 e. The first kappa shape index (κ1) is 20.9. The molecule has 2 N–H and O–H groups in total. The van der Waals surface area contributed by atoms with E-state index in [0.29, 0.717) is 47.3 Å². The molecular weight excluding hydrogens is 424 g/mol. The van der Waals surface area contributed by atoms with Crippen molar-refractivity contribution in [3.63, 3.8) is 0 Å². The highest BCUT2D eigenvalue weighted by molar-refractivity contribution is 6.01. The summed E-state index contributed by atoms with van der Waals surface area (Å²) in [7, 11) is 4.67. The summed E-state index contributed by atoms with van der Waals surface area (Å²) in [6.07, 6.45) is 1.06. The Hall–Kier alpha value is -4.01. The average Bonchev–Trinajstić information content (AvgIpc) is 3.22. The van der Waals surface area contributed by atoms with Crippen molar-refractivity contribution in [2.45, 2.75) is 24.8 Å². The van der Waals surface area contributed by atoms with Gasteiger partial charge in [0.05, 0.1) is 27.4 Å². The van der Waals surface area contributed by atoms with Crippen LogP contribution in [0.15, 0.2) is 58.4 Å². The molecule has 3 aromatic rings. The maximum atomic E-state index is 13.6. The molecule has 33 heavy (non-hydrogen) atoms. The van der Waals surface area contributed by atoms with Crippen LogP contribution in [-0.2, 0) is 4.79 Å². The monoisotopic (exact) mass is 448 g/mol. The van der Waals surface area contributed by atoms with Gasteiger partial charge in [-0.3, -0.25) is 4.79 Å². The topological polar surface area (TPSA) is 108 Å². The molecule has 2 atom stereocenters. The first-order valence-corrected chi connectivity index (χ1v) is 10.6. The van der Waals surface area contributed by atoms with Gasteiger partial charge in [0.2, 0.25) is 17.4 Å². The summed E-state index contributed by atoms with van der Waals surface area (Å²) in [5, 5.41) is 14.6. The summed E-state index contributed by atoms with van der Waals surface area (Å²) in [5.74, 6) is 2.45. The Labute approximate surface area is 190 Å². The molecule has 1 aromatic heterocycles. The molecule has 9 nitrogen and oxygen atoms in total. The summed E-state index contributed by atoms with van der Waals surface area (Å²) in [6, 6.07) is 13.2. The number of benzene rings is 2. The van der Waals surface area contributed by atoms with E-state index in [1.165, 1.54) is 0 Å². The second-order valence-corrected chi connectivity index (χ2v) is 7.95. The van der Waals surface area contributed by atoms with Crippen LogP contribution in [-0.4, -0.2) is 37.4 Å². The minimum atomic E-state index is -0.515. The molecule has 2 aliphatic rings. The molecule has 2 unspecified atom stereocenters. The highest BCUT2D eigenvalue weighted by atomic mass is 16.6. The lowest BCUT2D eigenvalue weighted by Crippen LogP contribution is -2.27. The van der Waals surface area contributed by atoms with Gasteiger partial charge in [0.25, 0.3) is 0 Å².